The fourth-order valence-electron chi connectivity index (χ4n) is 2.60. The zero-order chi connectivity index (χ0) is 12.7. The predicted octanol–water partition coefficient (Wildman–Crippen LogP) is 3.21. The van der Waals surface area contributed by atoms with Crippen molar-refractivity contribution in [2.45, 2.75) is 19.3 Å². The molecule has 90 valence electrons. The largest absolute Gasteiger partial charge is 0.265 e. The molecule has 1 aromatic carbocycles. The molecule has 0 saturated heterocycles. The molecule has 0 radical (unpaired) electrons. The summed E-state index contributed by atoms with van der Waals surface area (Å²) in [5, 5.41) is 13.2. The highest BCUT2D eigenvalue weighted by molar-refractivity contribution is 9.10. The van der Waals surface area contributed by atoms with Crippen LogP contribution in [0.15, 0.2) is 22.7 Å². The lowest BCUT2D eigenvalue weighted by atomic mass is 10.0. The standard InChI is InChI=1S/C14H12BrN3/c1-18-14(13(15)12(8-16)17-18)11-6-5-9-3-2-4-10(9)7-11/h5-7H,2-4H2,1H3. The molecule has 18 heavy (non-hydrogen) atoms. The molecule has 1 aromatic heterocycles. The van der Waals surface area contributed by atoms with Crippen LogP contribution in [0.3, 0.4) is 0 Å². The number of aromatic nitrogens is 2. The van der Waals surface area contributed by atoms with Gasteiger partial charge in [0.05, 0.1) is 10.2 Å². The summed E-state index contributed by atoms with van der Waals surface area (Å²) in [5.74, 6) is 0. The molecule has 0 bridgehead atoms. The van der Waals surface area contributed by atoms with E-state index >= 15 is 0 Å². The van der Waals surface area contributed by atoms with Crippen LogP contribution < -0.4 is 0 Å². The van der Waals surface area contributed by atoms with Gasteiger partial charge in [-0.05, 0) is 52.4 Å². The van der Waals surface area contributed by atoms with Gasteiger partial charge in [-0.2, -0.15) is 10.4 Å². The van der Waals surface area contributed by atoms with Crippen LogP contribution in [0.25, 0.3) is 11.3 Å². The molecule has 1 heterocycles. The van der Waals surface area contributed by atoms with Gasteiger partial charge in [-0.25, -0.2) is 0 Å². The van der Waals surface area contributed by atoms with Crippen LogP contribution in [-0.2, 0) is 19.9 Å². The van der Waals surface area contributed by atoms with Crippen LogP contribution in [0.4, 0.5) is 0 Å². The van der Waals surface area contributed by atoms with E-state index in [0.717, 1.165) is 22.2 Å². The molecule has 0 saturated carbocycles. The Labute approximate surface area is 114 Å². The maximum Gasteiger partial charge on any atom is 0.177 e. The smallest absolute Gasteiger partial charge is 0.177 e. The third kappa shape index (κ3) is 1.67. The van der Waals surface area contributed by atoms with Crippen molar-refractivity contribution in [3.63, 3.8) is 0 Å². The van der Waals surface area contributed by atoms with E-state index in [0.29, 0.717) is 5.69 Å². The Kier molecular flexibility index (Phi) is 2.71. The van der Waals surface area contributed by atoms with Crippen molar-refractivity contribution >= 4 is 15.9 Å². The summed E-state index contributed by atoms with van der Waals surface area (Å²) >= 11 is 3.47. The van der Waals surface area contributed by atoms with Crippen LogP contribution in [0.1, 0.15) is 23.2 Å². The third-order valence-electron chi connectivity index (χ3n) is 3.47. The van der Waals surface area contributed by atoms with Crippen molar-refractivity contribution in [3.8, 4) is 17.3 Å². The second-order valence-electron chi connectivity index (χ2n) is 4.58. The van der Waals surface area contributed by atoms with Gasteiger partial charge in [0.1, 0.15) is 6.07 Å². The minimum absolute atomic E-state index is 0.438. The first-order chi connectivity index (χ1) is 8.70. The minimum Gasteiger partial charge on any atom is -0.265 e. The van der Waals surface area contributed by atoms with Gasteiger partial charge in [0.15, 0.2) is 5.69 Å². The average Bonchev–Trinajstić information content (AvgIpc) is 2.93. The number of hydrogen-bond acceptors (Lipinski definition) is 2. The van der Waals surface area contributed by atoms with Gasteiger partial charge < -0.3 is 0 Å². The van der Waals surface area contributed by atoms with E-state index in [-0.39, 0.29) is 0 Å². The molecule has 1 aliphatic rings. The number of nitrogens with zero attached hydrogens (tertiary/aromatic N) is 3. The van der Waals surface area contributed by atoms with E-state index in [1.165, 1.54) is 24.0 Å². The lowest BCUT2D eigenvalue weighted by Gasteiger charge is -2.06. The van der Waals surface area contributed by atoms with Crippen molar-refractivity contribution in [2.75, 3.05) is 0 Å². The number of halogens is 1. The van der Waals surface area contributed by atoms with E-state index in [4.69, 9.17) is 5.26 Å². The topological polar surface area (TPSA) is 41.6 Å². The zero-order valence-electron chi connectivity index (χ0n) is 10.1. The Hall–Kier alpha value is -1.60. The highest BCUT2D eigenvalue weighted by Crippen LogP contribution is 2.33. The quantitative estimate of drug-likeness (QED) is 0.811. The monoisotopic (exact) mass is 301 g/mol. The van der Waals surface area contributed by atoms with Gasteiger partial charge in [0.25, 0.3) is 0 Å². The Bertz CT molecular complexity index is 664. The maximum atomic E-state index is 9.00. The second kappa shape index (κ2) is 4.25. The number of fused-ring (bicyclic) bond motifs is 1. The van der Waals surface area contributed by atoms with Gasteiger partial charge in [0.2, 0.25) is 0 Å². The normalized spacial score (nSPS) is 13.4. The van der Waals surface area contributed by atoms with Crippen molar-refractivity contribution in [3.05, 3.63) is 39.5 Å². The van der Waals surface area contributed by atoms with Crippen LogP contribution in [0, 0.1) is 11.3 Å². The molecule has 3 rings (SSSR count). The number of benzene rings is 1. The SMILES string of the molecule is Cn1nc(C#N)c(Br)c1-c1ccc2c(c1)CCC2. The molecule has 2 aromatic rings. The molecule has 0 N–H and O–H groups in total. The van der Waals surface area contributed by atoms with Crippen molar-refractivity contribution in [1.29, 1.82) is 5.26 Å². The third-order valence-corrected chi connectivity index (χ3v) is 4.22. The molecular weight excluding hydrogens is 290 g/mol. The average molecular weight is 302 g/mol. The van der Waals surface area contributed by atoms with E-state index < -0.39 is 0 Å². The van der Waals surface area contributed by atoms with Crippen LogP contribution in [0.2, 0.25) is 0 Å². The summed E-state index contributed by atoms with van der Waals surface area (Å²) in [6, 6.07) is 8.64. The molecule has 4 heteroatoms. The highest BCUT2D eigenvalue weighted by Gasteiger charge is 2.17. The minimum atomic E-state index is 0.438. The fraction of sp³-hybridized carbons (Fsp3) is 0.286. The first-order valence-electron chi connectivity index (χ1n) is 5.95. The first-order valence-corrected chi connectivity index (χ1v) is 6.75. The number of rotatable bonds is 1. The molecule has 0 fully saturated rings. The van der Waals surface area contributed by atoms with Crippen molar-refractivity contribution in [1.82, 2.24) is 9.78 Å². The molecule has 1 aliphatic carbocycles. The molecule has 0 amide bonds. The number of nitriles is 1. The lowest BCUT2D eigenvalue weighted by Crippen LogP contribution is -1.95. The summed E-state index contributed by atoms with van der Waals surface area (Å²) in [6.07, 6.45) is 3.59. The maximum absolute atomic E-state index is 9.00. The van der Waals surface area contributed by atoms with E-state index in [2.05, 4.69) is 45.3 Å². The summed E-state index contributed by atoms with van der Waals surface area (Å²) < 4.78 is 2.55. The summed E-state index contributed by atoms with van der Waals surface area (Å²) in [7, 11) is 1.87. The lowest BCUT2D eigenvalue weighted by molar-refractivity contribution is 0.771. The molecule has 0 spiro atoms. The second-order valence-corrected chi connectivity index (χ2v) is 5.38. The Morgan fingerprint density at radius 1 is 1.33 bits per heavy atom. The molecule has 3 nitrogen and oxygen atoms in total. The van der Waals surface area contributed by atoms with Gasteiger partial charge >= 0.3 is 0 Å². The zero-order valence-corrected chi connectivity index (χ0v) is 11.7. The molecule has 0 unspecified atom stereocenters. The summed E-state index contributed by atoms with van der Waals surface area (Å²) in [5.41, 5.74) is 5.42. The van der Waals surface area contributed by atoms with Gasteiger partial charge in [0, 0.05) is 12.6 Å². The molecule has 0 atom stereocenters. The first kappa shape index (κ1) is 11.5. The summed E-state index contributed by atoms with van der Waals surface area (Å²) in [6.45, 7) is 0. The van der Waals surface area contributed by atoms with Crippen LogP contribution in [0.5, 0.6) is 0 Å². The van der Waals surface area contributed by atoms with Crippen LogP contribution >= 0.6 is 15.9 Å². The van der Waals surface area contributed by atoms with E-state index in [9.17, 15) is 0 Å². The predicted molar refractivity (Wildman–Crippen MR) is 73.1 cm³/mol. The van der Waals surface area contributed by atoms with Gasteiger partial charge in [-0.3, -0.25) is 4.68 Å². The number of aryl methyl sites for hydroxylation is 3. The van der Waals surface area contributed by atoms with E-state index in [1.807, 2.05) is 7.05 Å². The molecule has 0 aliphatic heterocycles. The Balaban J connectivity index is 2.16. The number of hydrogen-bond donors (Lipinski definition) is 0. The van der Waals surface area contributed by atoms with Crippen molar-refractivity contribution < 1.29 is 0 Å². The summed E-state index contributed by atoms with van der Waals surface area (Å²) in [4.78, 5) is 0. The van der Waals surface area contributed by atoms with Gasteiger partial charge in [-0.15, -0.1) is 0 Å². The Morgan fingerprint density at radius 2 is 2.11 bits per heavy atom. The molecular formula is C14H12BrN3. The highest BCUT2D eigenvalue weighted by atomic mass is 79.9. The van der Waals surface area contributed by atoms with Gasteiger partial charge in [-0.1, -0.05) is 12.1 Å². The Morgan fingerprint density at radius 3 is 2.83 bits per heavy atom. The van der Waals surface area contributed by atoms with Crippen molar-refractivity contribution in [2.24, 2.45) is 7.05 Å². The van der Waals surface area contributed by atoms with E-state index in [1.54, 1.807) is 4.68 Å². The fourth-order valence-corrected chi connectivity index (χ4v) is 3.26. The van der Waals surface area contributed by atoms with Crippen LogP contribution in [-0.4, -0.2) is 9.78 Å².